The van der Waals surface area contributed by atoms with E-state index in [9.17, 15) is 0 Å². The molecule has 0 N–H and O–H groups in total. The van der Waals surface area contributed by atoms with E-state index >= 15 is 0 Å². The maximum absolute atomic E-state index is 5.62. The second-order valence-corrected chi connectivity index (χ2v) is 7.44. The first-order chi connectivity index (χ1) is 12.3. The fraction of sp³-hybridized carbons (Fsp3) is 0.444. The molecule has 0 aliphatic heterocycles. The van der Waals surface area contributed by atoms with E-state index in [4.69, 9.17) is 4.42 Å². The molecule has 3 aromatic rings. The van der Waals surface area contributed by atoms with Gasteiger partial charge in [0.15, 0.2) is 0 Å². The molecule has 4 rings (SSSR count). The summed E-state index contributed by atoms with van der Waals surface area (Å²) in [6, 6.07) is 8.62. The van der Waals surface area contributed by atoms with Crippen LogP contribution in [0, 0.1) is 6.92 Å². The predicted molar refractivity (Wildman–Crippen MR) is 96.2 cm³/mol. The Hall–Kier alpha value is -2.15. The van der Waals surface area contributed by atoms with Crippen molar-refractivity contribution in [1.82, 2.24) is 25.2 Å². The van der Waals surface area contributed by atoms with Gasteiger partial charge < -0.3 is 4.42 Å². The molecule has 0 unspecified atom stereocenters. The van der Waals surface area contributed by atoms with Crippen LogP contribution in [0.5, 0.6) is 0 Å². The fourth-order valence-corrected chi connectivity index (χ4v) is 4.00. The molecule has 2 heterocycles. The van der Waals surface area contributed by atoms with Gasteiger partial charge >= 0.3 is 0 Å². The van der Waals surface area contributed by atoms with Gasteiger partial charge in [-0.05, 0) is 42.3 Å². The molecule has 130 valence electrons. The maximum Gasteiger partial charge on any atom is 0.226 e. The van der Waals surface area contributed by atoms with E-state index in [0.29, 0.717) is 17.7 Å². The summed E-state index contributed by atoms with van der Waals surface area (Å²) in [5, 5.41) is 13.1. The monoisotopic (exact) mass is 355 g/mol. The van der Waals surface area contributed by atoms with Gasteiger partial charge in [-0.2, -0.15) is 0 Å². The molecule has 1 aliphatic carbocycles. The van der Waals surface area contributed by atoms with Crippen molar-refractivity contribution in [2.24, 2.45) is 0 Å². The van der Waals surface area contributed by atoms with Gasteiger partial charge in [-0.15, -0.1) is 5.10 Å². The standard InChI is InChI=1S/C18H21N5OS/c1-13-7-9-14(10-8-13)17-19-15(11-24-17)12-25-18-20-21-22-23(18)16-5-3-2-4-6-16/h7-11,16H,2-6,12H2,1H3. The molecule has 25 heavy (non-hydrogen) atoms. The van der Waals surface area contributed by atoms with Gasteiger partial charge in [0.25, 0.3) is 0 Å². The lowest BCUT2D eigenvalue weighted by atomic mass is 9.96. The molecule has 0 atom stereocenters. The first-order valence-electron chi connectivity index (χ1n) is 8.72. The Balaban J connectivity index is 1.42. The van der Waals surface area contributed by atoms with Crippen LogP contribution in [-0.2, 0) is 5.75 Å². The van der Waals surface area contributed by atoms with Crippen LogP contribution < -0.4 is 0 Å². The summed E-state index contributed by atoms with van der Waals surface area (Å²) in [5.41, 5.74) is 3.12. The molecule has 0 spiro atoms. The smallest absolute Gasteiger partial charge is 0.226 e. The first kappa shape index (κ1) is 16.3. The molecule has 1 saturated carbocycles. The summed E-state index contributed by atoms with van der Waals surface area (Å²) in [7, 11) is 0. The molecule has 7 heteroatoms. The minimum atomic E-state index is 0.437. The van der Waals surface area contributed by atoms with E-state index in [1.54, 1.807) is 18.0 Å². The molecule has 1 fully saturated rings. The molecule has 1 aliphatic rings. The van der Waals surface area contributed by atoms with Gasteiger partial charge in [-0.1, -0.05) is 48.7 Å². The van der Waals surface area contributed by atoms with Crippen LogP contribution in [0.2, 0.25) is 0 Å². The van der Waals surface area contributed by atoms with Crippen molar-refractivity contribution in [1.29, 1.82) is 0 Å². The Labute approximate surface area is 151 Å². The van der Waals surface area contributed by atoms with Crippen LogP contribution in [0.3, 0.4) is 0 Å². The summed E-state index contributed by atoms with van der Waals surface area (Å²) < 4.78 is 7.62. The summed E-state index contributed by atoms with van der Waals surface area (Å²) in [4.78, 5) is 4.59. The van der Waals surface area contributed by atoms with Crippen molar-refractivity contribution in [3.05, 3.63) is 41.8 Å². The number of hydrogen-bond donors (Lipinski definition) is 0. The summed E-state index contributed by atoms with van der Waals surface area (Å²) in [6.07, 6.45) is 7.90. The summed E-state index contributed by atoms with van der Waals surface area (Å²) in [6.45, 7) is 2.07. The van der Waals surface area contributed by atoms with Crippen LogP contribution in [-0.4, -0.2) is 25.2 Å². The van der Waals surface area contributed by atoms with Crippen molar-refractivity contribution in [2.45, 2.75) is 56.0 Å². The summed E-state index contributed by atoms with van der Waals surface area (Å²) in [5.74, 6) is 1.35. The molecular formula is C18H21N5OS. The zero-order valence-corrected chi connectivity index (χ0v) is 15.1. The summed E-state index contributed by atoms with van der Waals surface area (Å²) >= 11 is 1.62. The molecule has 1 aromatic carbocycles. The van der Waals surface area contributed by atoms with Crippen molar-refractivity contribution in [3.63, 3.8) is 0 Å². The quantitative estimate of drug-likeness (QED) is 0.630. The first-order valence-corrected chi connectivity index (χ1v) is 9.70. The molecule has 0 saturated heterocycles. The lowest BCUT2D eigenvalue weighted by Gasteiger charge is -2.21. The zero-order valence-electron chi connectivity index (χ0n) is 14.3. The van der Waals surface area contributed by atoms with Crippen molar-refractivity contribution in [2.75, 3.05) is 0 Å². The predicted octanol–water partition coefficient (Wildman–Crippen LogP) is 4.43. The molecule has 0 radical (unpaired) electrons. The zero-order chi connectivity index (χ0) is 17.1. The van der Waals surface area contributed by atoms with Gasteiger partial charge in [0.1, 0.15) is 6.26 Å². The lowest BCUT2D eigenvalue weighted by Crippen LogP contribution is -2.15. The molecule has 2 aromatic heterocycles. The minimum absolute atomic E-state index is 0.437. The minimum Gasteiger partial charge on any atom is -0.444 e. The third-order valence-corrected chi connectivity index (χ3v) is 5.55. The van der Waals surface area contributed by atoms with Crippen molar-refractivity contribution < 1.29 is 4.42 Å². The van der Waals surface area contributed by atoms with E-state index in [2.05, 4.69) is 39.6 Å². The second kappa shape index (κ2) is 7.39. The third kappa shape index (κ3) is 3.76. The second-order valence-electron chi connectivity index (χ2n) is 6.50. The highest BCUT2D eigenvalue weighted by Gasteiger charge is 2.20. The van der Waals surface area contributed by atoms with Gasteiger partial charge in [0.2, 0.25) is 11.0 Å². The highest BCUT2D eigenvalue weighted by molar-refractivity contribution is 7.98. The topological polar surface area (TPSA) is 69.6 Å². The largest absolute Gasteiger partial charge is 0.444 e. The van der Waals surface area contributed by atoms with Crippen LogP contribution in [0.15, 0.2) is 40.1 Å². The number of benzene rings is 1. The van der Waals surface area contributed by atoms with Gasteiger partial charge in [0.05, 0.1) is 11.7 Å². The molecule has 6 nitrogen and oxygen atoms in total. The van der Waals surface area contributed by atoms with E-state index in [0.717, 1.165) is 16.4 Å². The van der Waals surface area contributed by atoms with Gasteiger partial charge in [-0.3, -0.25) is 0 Å². The Kier molecular flexibility index (Phi) is 4.83. The van der Waals surface area contributed by atoms with Gasteiger partial charge in [0, 0.05) is 11.3 Å². The number of aryl methyl sites for hydroxylation is 1. The fourth-order valence-electron chi connectivity index (χ4n) is 3.18. The number of aromatic nitrogens is 5. The SMILES string of the molecule is Cc1ccc(-c2nc(CSc3nnnn3C3CCCCC3)co2)cc1. The lowest BCUT2D eigenvalue weighted by molar-refractivity contribution is 0.307. The number of nitrogens with zero attached hydrogens (tertiary/aromatic N) is 5. The van der Waals surface area contributed by atoms with E-state index in [1.165, 1.54) is 37.7 Å². The van der Waals surface area contributed by atoms with Crippen LogP contribution in [0.25, 0.3) is 11.5 Å². The normalized spacial score (nSPS) is 15.6. The van der Waals surface area contributed by atoms with Crippen LogP contribution in [0.4, 0.5) is 0 Å². The average Bonchev–Trinajstić information content (AvgIpc) is 3.31. The Morgan fingerprint density at radius 2 is 1.96 bits per heavy atom. The van der Waals surface area contributed by atoms with Gasteiger partial charge in [-0.25, -0.2) is 9.67 Å². The van der Waals surface area contributed by atoms with Crippen molar-refractivity contribution in [3.8, 4) is 11.5 Å². The Morgan fingerprint density at radius 3 is 2.76 bits per heavy atom. The Bertz CT molecular complexity index is 820. The molecule has 0 bridgehead atoms. The highest BCUT2D eigenvalue weighted by Crippen LogP contribution is 2.31. The Morgan fingerprint density at radius 1 is 1.16 bits per heavy atom. The number of hydrogen-bond acceptors (Lipinski definition) is 6. The molecular weight excluding hydrogens is 334 g/mol. The molecule has 0 amide bonds. The average molecular weight is 355 g/mol. The van der Waals surface area contributed by atoms with E-state index < -0.39 is 0 Å². The number of rotatable bonds is 5. The maximum atomic E-state index is 5.62. The van der Waals surface area contributed by atoms with Crippen LogP contribution >= 0.6 is 11.8 Å². The van der Waals surface area contributed by atoms with E-state index in [1.807, 2.05) is 16.8 Å². The van der Waals surface area contributed by atoms with Crippen LogP contribution in [0.1, 0.15) is 49.4 Å². The van der Waals surface area contributed by atoms with Crippen molar-refractivity contribution >= 4 is 11.8 Å². The highest BCUT2D eigenvalue weighted by atomic mass is 32.2. The number of tetrazole rings is 1. The third-order valence-electron chi connectivity index (χ3n) is 4.58. The van der Waals surface area contributed by atoms with E-state index in [-0.39, 0.29) is 0 Å². The number of thioether (sulfide) groups is 1. The number of oxazole rings is 1.